The molecule has 0 saturated carbocycles. The first-order valence-electron chi connectivity index (χ1n) is 8.59. The molecule has 0 aliphatic carbocycles. The van der Waals surface area contributed by atoms with E-state index >= 15 is 0 Å². The van der Waals surface area contributed by atoms with Gasteiger partial charge in [-0.2, -0.15) is 0 Å². The Morgan fingerprint density at radius 3 is 2.96 bits per heavy atom. The van der Waals surface area contributed by atoms with Crippen molar-refractivity contribution < 1.29 is 4.92 Å². The van der Waals surface area contributed by atoms with Crippen LogP contribution in [0.3, 0.4) is 0 Å². The molecular formula is C19H17N5O2S. The standard InChI is InChI=1S/C19H17N5O2S/c25-24(26)16-5-1-3-13(9-16)17-6-2-4-15(21-17)12-23-8-7-18-14(11-23)10-20-19(27)22-18/h1-6,9-10H,7-8,11-12H2,(H,20,22,27). The fourth-order valence-electron chi connectivity index (χ4n) is 3.28. The maximum atomic E-state index is 11.0. The molecule has 3 heterocycles. The highest BCUT2D eigenvalue weighted by Gasteiger charge is 2.18. The molecule has 0 saturated heterocycles. The zero-order valence-corrected chi connectivity index (χ0v) is 15.3. The fraction of sp³-hybridized carbons (Fsp3) is 0.211. The van der Waals surface area contributed by atoms with Gasteiger partial charge in [-0.1, -0.05) is 18.2 Å². The van der Waals surface area contributed by atoms with E-state index in [-0.39, 0.29) is 5.69 Å². The van der Waals surface area contributed by atoms with E-state index in [1.807, 2.05) is 30.5 Å². The van der Waals surface area contributed by atoms with Crippen molar-refractivity contribution in [1.29, 1.82) is 0 Å². The minimum absolute atomic E-state index is 0.0669. The van der Waals surface area contributed by atoms with Crippen LogP contribution in [0.2, 0.25) is 0 Å². The predicted molar refractivity (Wildman–Crippen MR) is 104 cm³/mol. The van der Waals surface area contributed by atoms with Gasteiger partial charge in [0, 0.05) is 61.2 Å². The number of pyridine rings is 1. The third-order valence-corrected chi connectivity index (χ3v) is 4.81. The summed E-state index contributed by atoms with van der Waals surface area (Å²) in [4.78, 5) is 25.0. The normalized spacial score (nSPS) is 13.9. The number of fused-ring (bicyclic) bond motifs is 1. The second-order valence-corrected chi connectivity index (χ2v) is 6.86. The predicted octanol–water partition coefficient (Wildman–Crippen LogP) is 3.67. The maximum Gasteiger partial charge on any atom is 0.270 e. The van der Waals surface area contributed by atoms with Crippen molar-refractivity contribution >= 4 is 17.9 Å². The van der Waals surface area contributed by atoms with E-state index in [4.69, 9.17) is 17.2 Å². The average Bonchev–Trinajstić information content (AvgIpc) is 2.68. The van der Waals surface area contributed by atoms with Crippen LogP contribution in [0.5, 0.6) is 0 Å². The highest BCUT2D eigenvalue weighted by Crippen LogP contribution is 2.23. The van der Waals surface area contributed by atoms with Gasteiger partial charge in [0.25, 0.3) is 5.69 Å². The lowest BCUT2D eigenvalue weighted by Gasteiger charge is -2.27. The summed E-state index contributed by atoms with van der Waals surface area (Å²) in [6.07, 6.45) is 2.74. The maximum absolute atomic E-state index is 11.0. The third-order valence-electron chi connectivity index (χ3n) is 4.60. The molecule has 3 aromatic rings. The number of nitro groups is 1. The Morgan fingerprint density at radius 1 is 1.26 bits per heavy atom. The summed E-state index contributed by atoms with van der Waals surface area (Å²) in [6, 6.07) is 12.3. The summed E-state index contributed by atoms with van der Waals surface area (Å²) >= 11 is 5.09. The van der Waals surface area contributed by atoms with Crippen molar-refractivity contribution in [3.63, 3.8) is 0 Å². The van der Waals surface area contributed by atoms with Gasteiger partial charge in [0.05, 0.1) is 16.3 Å². The van der Waals surface area contributed by atoms with E-state index in [1.165, 1.54) is 6.07 Å². The van der Waals surface area contributed by atoms with E-state index in [2.05, 4.69) is 14.9 Å². The highest BCUT2D eigenvalue weighted by molar-refractivity contribution is 7.71. The number of benzene rings is 1. The molecular weight excluding hydrogens is 362 g/mol. The molecule has 0 spiro atoms. The highest BCUT2D eigenvalue weighted by atomic mass is 32.1. The molecule has 0 amide bonds. The quantitative estimate of drug-likeness (QED) is 0.423. The van der Waals surface area contributed by atoms with E-state index in [0.29, 0.717) is 11.3 Å². The first-order valence-corrected chi connectivity index (χ1v) is 8.99. The lowest BCUT2D eigenvalue weighted by molar-refractivity contribution is -0.384. The molecule has 0 unspecified atom stereocenters. The van der Waals surface area contributed by atoms with Crippen molar-refractivity contribution in [1.82, 2.24) is 19.9 Å². The molecule has 1 aromatic carbocycles. The first kappa shape index (κ1) is 17.4. The number of non-ortho nitro benzene ring substituents is 1. The molecule has 4 rings (SSSR count). The second-order valence-electron chi connectivity index (χ2n) is 6.47. The van der Waals surface area contributed by atoms with Crippen molar-refractivity contribution in [2.75, 3.05) is 6.54 Å². The number of rotatable bonds is 4. The topological polar surface area (TPSA) is 88.0 Å². The number of nitrogens with one attached hydrogen (secondary N) is 1. The van der Waals surface area contributed by atoms with E-state index in [1.54, 1.807) is 12.1 Å². The smallest absolute Gasteiger partial charge is 0.270 e. The number of H-pyrrole nitrogens is 1. The van der Waals surface area contributed by atoms with Crippen LogP contribution >= 0.6 is 12.2 Å². The monoisotopic (exact) mass is 379 g/mol. The van der Waals surface area contributed by atoms with Crippen molar-refractivity contribution in [3.8, 4) is 11.3 Å². The van der Waals surface area contributed by atoms with Crippen LogP contribution < -0.4 is 0 Å². The van der Waals surface area contributed by atoms with E-state index < -0.39 is 4.92 Å². The summed E-state index contributed by atoms with van der Waals surface area (Å²) in [5, 5.41) is 11.0. The Balaban J connectivity index is 1.53. The number of aromatic amines is 1. The SMILES string of the molecule is O=[N+]([O-])c1cccc(-c2cccc(CN3CCc4[nH]c(=S)ncc4C3)n2)c1. The molecule has 2 aromatic heterocycles. The Hall–Kier alpha value is -2.97. The third kappa shape index (κ3) is 3.91. The minimum Gasteiger partial charge on any atom is -0.334 e. The van der Waals surface area contributed by atoms with Crippen LogP contribution in [-0.4, -0.2) is 31.3 Å². The number of nitro benzene ring substituents is 1. The summed E-state index contributed by atoms with van der Waals surface area (Å²) in [6.45, 7) is 2.40. The molecule has 0 atom stereocenters. The zero-order valence-electron chi connectivity index (χ0n) is 14.5. The molecule has 0 radical (unpaired) electrons. The Kier molecular flexibility index (Phi) is 4.74. The summed E-state index contributed by atoms with van der Waals surface area (Å²) < 4.78 is 0.522. The first-order chi connectivity index (χ1) is 13.1. The van der Waals surface area contributed by atoms with Crippen LogP contribution in [0, 0.1) is 14.9 Å². The molecule has 1 aliphatic heterocycles. The second kappa shape index (κ2) is 7.34. The lowest BCUT2D eigenvalue weighted by atomic mass is 10.1. The summed E-state index contributed by atoms with van der Waals surface area (Å²) in [7, 11) is 0. The van der Waals surface area contributed by atoms with Gasteiger partial charge < -0.3 is 4.98 Å². The van der Waals surface area contributed by atoms with Gasteiger partial charge in [-0.25, -0.2) is 4.98 Å². The molecule has 27 heavy (non-hydrogen) atoms. The van der Waals surface area contributed by atoms with Gasteiger partial charge in [-0.05, 0) is 24.4 Å². The van der Waals surface area contributed by atoms with Crippen molar-refractivity contribution in [2.24, 2.45) is 0 Å². The molecule has 136 valence electrons. The van der Waals surface area contributed by atoms with Crippen LogP contribution in [0.4, 0.5) is 5.69 Å². The van der Waals surface area contributed by atoms with Crippen LogP contribution in [0.15, 0.2) is 48.7 Å². The number of hydrogen-bond donors (Lipinski definition) is 1. The summed E-state index contributed by atoms with van der Waals surface area (Å²) in [5.41, 5.74) is 4.79. The molecule has 0 fully saturated rings. The number of nitrogens with zero attached hydrogens (tertiary/aromatic N) is 4. The van der Waals surface area contributed by atoms with Crippen molar-refractivity contribution in [2.45, 2.75) is 19.5 Å². The van der Waals surface area contributed by atoms with Crippen LogP contribution in [-0.2, 0) is 19.5 Å². The van der Waals surface area contributed by atoms with Gasteiger partial charge in [0.15, 0.2) is 4.77 Å². The average molecular weight is 379 g/mol. The molecule has 1 aliphatic rings. The zero-order chi connectivity index (χ0) is 18.8. The molecule has 1 N–H and O–H groups in total. The molecule has 7 nitrogen and oxygen atoms in total. The Labute approximate surface area is 160 Å². The largest absolute Gasteiger partial charge is 0.334 e. The minimum atomic E-state index is -0.391. The Morgan fingerprint density at radius 2 is 2.11 bits per heavy atom. The van der Waals surface area contributed by atoms with Crippen LogP contribution in [0.25, 0.3) is 11.3 Å². The molecule has 8 heteroatoms. The van der Waals surface area contributed by atoms with Gasteiger partial charge in [-0.15, -0.1) is 0 Å². The van der Waals surface area contributed by atoms with Crippen LogP contribution in [0.1, 0.15) is 17.0 Å². The van der Waals surface area contributed by atoms with E-state index in [9.17, 15) is 10.1 Å². The van der Waals surface area contributed by atoms with E-state index in [0.717, 1.165) is 47.7 Å². The number of aromatic nitrogens is 3. The van der Waals surface area contributed by atoms with Gasteiger partial charge in [0.1, 0.15) is 0 Å². The van der Waals surface area contributed by atoms with Crippen molar-refractivity contribution in [3.05, 3.63) is 80.5 Å². The Bertz CT molecular complexity index is 1070. The van der Waals surface area contributed by atoms with Gasteiger partial charge in [-0.3, -0.25) is 20.0 Å². The van der Waals surface area contributed by atoms with Gasteiger partial charge >= 0.3 is 0 Å². The number of hydrogen-bond acceptors (Lipinski definition) is 6. The fourth-order valence-corrected chi connectivity index (χ4v) is 3.45. The summed E-state index contributed by atoms with van der Waals surface area (Å²) in [5.74, 6) is 0. The molecule has 0 bridgehead atoms. The lowest BCUT2D eigenvalue weighted by Crippen LogP contribution is -2.31. The van der Waals surface area contributed by atoms with Gasteiger partial charge in [0.2, 0.25) is 0 Å².